The van der Waals surface area contributed by atoms with Crippen LogP contribution in [-0.4, -0.2) is 43.0 Å². The third-order valence-corrected chi connectivity index (χ3v) is 5.29. The van der Waals surface area contributed by atoms with Crippen LogP contribution in [-0.2, 0) is 9.59 Å². The van der Waals surface area contributed by atoms with Gasteiger partial charge >= 0.3 is 0 Å². The van der Waals surface area contributed by atoms with Crippen LogP contribution in [0.1, 0.15) is 38.7 Å². The van der Waals surface area contributed by atoms with Crippen molar-refractivity contribution in [1.82, 2.24) is 4.90 Å². The van der Waals surface area contributed by atoms with Crippen molar-refractivity contribution >= 4 is 23.6 Å². The molecule has 1 aliphatic heterocycles. The van der Waals surface area contributed by atoms with Crippen molar-refractivity contribution < 1.29 is 19.1 Å². The molecule has 1 N–H and O–H groups in total. The van der Waals surface area contributed by atoms with Crippen LogP contribution in [0.3, 0.4) is 0 Å². The fourth-order valence-electron chi connectivity index (χ4n) is 3.66. The normalized spacial score (nSPS) is 16.1. The summed E-state index contributed by atoms with van der Waals surface area (Å²) in [5.74, 6) is 1.04. The standard InChI is InChI=1S/C26H32N2O4/c1-3-17-32-23-14-12-20(18-24(23)31-4-2)13-15-25(29)28-16-8-9-21(19-28)26(30)27-22-10-6-5-7-11-22/h5-7,10-15,18,21H,3-4,8-9,16-17,19H2,1-2H3,(H,27,30)/b15-13+. The van der Waals surface area contributed by atoms with Crippen molar-refractivity contribution in [2.75, 3.05) is 31.6 Å². The number of carbonyl (C=O) groups is 2. The number of likely N-dealkylation sites (tertiary alicyclic amines) is 1. The lowest BCUT2D eigenvalue weighted by Crippen LogP contribution is -2.43. The summed E-state index contributed by atoms with van der Waals surface area (Å²) >= 11 is 0. The molecule has 0 bridgehead atoms. The van der Waals surface area contributed by atoms with Crippen LogP contribution in [0.2, 0.25) is 0 Å². The molecular formula is C26H32N2O4. The molecule has 6 heteroatoms. The number of piperidine rings is 1. The van der Waals surface area contributed by atoms with E-state index in [-0.39, 0.29) is 17.7 Å². The van der Waals surface area contributed by atoms with E-state index in [1.165, 1.54) is 0 Å². The smallest absolute Gasteiger partial charge is 0.246 e. The van der Waals surface area contributed by atoms with Gasteiger partial charge in [0, 0.05) is 24.9 Å². The Hall–Kier alpha value is -3.28. The number of para-hydroxylation sites is 1. The molecule has 170 valence electrons. The molecule has 0 aromatic heterocycles. The molecule has 2 aromatic rings. The highest BCUT2D eigenvalue weighted by Gasteiger charge is 2.27. The second-order valence-electron chi connectivity index (χ2n) is 7.80. The number of hydrogen-bond donors (Lipinski definition) is 1. The number of benzene rings is 2. The maximum absolute atomic E-state index is 12.8. The zero-order chi connectivity index (χ0) is 22.8. The first kappa shape index (κ1) is 23.4. The highest BCUT2D eigenvalue weighted by atomic mass is 16.5. The Labute approximate surface area is 190 Å². The Balaban J connectivity index is 1.60. The second-order valence-corrected chi connectivity index (χ2v) is 7.80. The molecule has 0 radical (unpaired) electrons. The van der Waals surface area contributed by atoms with Gasteiger partial charge in [-0.15, -0.1) is 0 Å². The third-order valence-electron chi connectivity index (χ3n) is 5.29. The summed E-state index contributed by atoms with van der Waals surface area (Å²) in [7, 11) is 0. The number of carbonyl (C=O) groups excluding carboxylic acids is 2. The maximum atomic E-state index is 12.8. The minimum Gasteiger partial charge on any atom is -0.490 e. The van der Waals surface area contributed by atoms with Crippen molar-refractivity contribution in [1.29, 1.82) is 0 Å². The Morgan fingerprint density at radius 2 is 1.91 bits per heavy atom. The first-order valence-corrected chi connectivity index (χ1v) is 11.3. The van der Waals surface area contributed by atoms with Gasteiger partial charge < -0.3 is 19.7 Å². The van der Waals surface area contributed by atoms with E-state index >= 15 is 0 Å². The lowest BCUT2D eigenvalue weighted by molar-refractivity contribution is -0.130. The number of hydrogen-bond acceptors (Lipinski definition) is 4. The van der Waals surface area contributed by atoms with E-state index < -0.39 is 0 Å². The predicted molar refractivity (Wildman–Crippen MR) is 127 cm³/mol. The van der Waals surface area contributed by atoms with Gasteiger partial charge in [0.2, 0.25) is 11.8 Å². The number of amides is 2. The number of nitrogens with zero attached hydrogens (tertiary/aromatic N) is 1. The minimum absolute atomic E-state index is 0.0401. The molecule has 3 rings (SSSR count). The van der Waals surface area contributed by atoms with Gasteiger partial charge in [-0.1, -0.05) is 31.2 Å². The van der Waals surface area contributed by atoms with Gasteiger partial charge in [0.25, 0.3) is 0 Å². The first-order valence-electron chi connectivity index (χ1n) is 11.3. The summed E-state index contributed by atoms with van der Waals surface area (Å²) in [4.78, 5) is 27.1. The van der Waals surface area contributed by atoms with Crippen molar-refractivity contribution in [3.63, 3.8) is 0 Å². The van der Waals surface area contributed by atoms with Crippen LogP contribution < -0.4 is 14.8 Å². The highest BCUT2D eigenvalue weighted by Crippen LogP contribution is 2.29. The summed E-state index contributed by atoms with van der Waals surface area (Å²) in [6.45, 7) is 6.23. The number of nitrogens with one attached hydrogen (secondary N) is 1. The van der Waals surface area contributed by atoms with Crippen molar-refractivity contribution in [2.45, 2.75) is 33.1 Å². The Kier molecular flexibility index (Phi) is 8.72. The summed E-state index contributed by atoms with van der Waals surface area (Å²) in [6.07, 6.45) is 5.85. The molecule has 2 amide bonds. The molecule has 2 aromatic carbocycles. The molecule has 1 aliphatic rings. The zero-order valence-corrected chi connectivity index (χ0v) is 18.9. The molecule has 0 spiro atoms. The van der Waals surface area contributed by atoms with Crippen molar-refractivity contribution in [2.24, 2.45) is 5.92 Å². The average Bonchev–Trinajstić information content (AvgIpc) is 2.83. The summed E-state index contributed by atoms with van der Waals surface area (Å²) in [5.41, 5.74) is 1.64. The summed E-state index contributed by atoms with van der Waals surface area (Å²) < 4.78 is 11.4. The zero-order valence-electron chi connectivity index (χ0n) is 18.9. The fraction of sp³-hybridized carbons (Fsp3) is 0.385. The maximum Gasteiger partial charge on any atom is 0.246 e. The molecule has 6 nitrogen and oxygen atoms in total. The van der Waals surface area contributed by atoms with Crippen LogP contribution >= 0.6 is 0 Å². The van der Waals surface area contributed by atoms with E-state index in [2.05, 4.69) is 12.2 Å². The molecule has 1 unspecified atom stereocenters. The molecular weight excluding hydrogens is 404 g/mol. The van der Waals surface area contributed by atoms with E-state index in [0.717, 1.165) is 30.5 Å². The van der Waals surface area contributed by atoms with E-state index in [1.807, 2.05) is 55.5 Å². The molecule has 1 atom stereocenters. The number of rotatable bonds is 9. The average molecular weight is 437 g/mol. The topological polar surface area (TPSA) is 67.9 Å². The van der Waals surface area contributed by atoms with Gasteiger partial charge in [0.05, 0.1) is 19.1 Å². The summed E-state index contributed by atoms with van der Waals surface area (Å²) in [5, 5.41) is 2.95. The predicted octanol–water partition coefficient (Wildman–Crippen LogP) is 4.76. The lowest BCUT2D eigenvalue weighted by Gasteiger charge is -2.31. The van der Waals surface area contributed by atoms with Crippen LogP contribution in [0.4, 0.5) is 5.69 Å². The molecule has 0 aliphatic carbocycles. The van der Waals surface area contributed by atoms with Crippen LogP contribution in [0.25, 0.3) is 6.08 Å². The van der Waals surface area contributed by atoms with Crippen molar-refractivity contribution in [3.8, 4) is 11.5 Å². The van der Waals surface area contributed by atoms with Gasteiger partial charge in [-0.3, -0.25) is 9.59 Å². The van der Waals surface area contributed by atoms with Gasteiger partial charge in [0.15, 0.2) is 11.5 Å². The van der Waals surface area contributed by atoms with Gasteiger partial charge in [-0.25, -0.2) is 0 Å². The highest BCUT2D eigenvalue weighted by molar-refractivity contribution is 5.95. The van der Waals surface area contributed by atoms with Crippen molar-refractivity contribution in [3.05, 3.63) is 60.2 Å². The van der Waals surface area contributed by atoms with E-state index in [4.69, 9.17) is 9.47 Å². The van der Waals surface area contributed by atoms with Gasteiger partial charge in [-0.05, 0) is 62.1 Å². The first-order chi connectivity index (χ1) is 15.6. The number of anilines is 1. The van der Waals surface area contributed by atoms with Gasteiger partial charge in [0.1, 0.15) is 0 Å². The largest absolute Gasteiger partial charge is 0.490 e. The number of ether oxygens (including phenoxy) is 2. The minimum atomic E-state index is -0.208. The Morgan fingerprint density at radius 3 is 2.66 bits per heavy atom. The van der Waals surface area contributed by atoms with E-state index in [9.17, 15) is 9.59 Å². The monoisotopic (exact) mass is 436 g/mol. The van der Waals surface area contributed by atoms with E-state index in [1.54, 1.807) is 17.1 Å². The SMILES string of the molecule is CCCOc1ccc(/C=C/C(=O)N2CCCC(C(=O)Nc3ccccc3)C2)cc1OCC. The Bertz CT molecular complexity index is 927. The molecule has 0 saturated carbocycles. The third kappa shape index (κ3) is 6.61. The molecule has 32 heavy (non-hydrogen) atoms. The van der Waals surface area contributed by atoms with Crippen LogP contribution in [0.15, 0.2) is 54.6 Å². The Morgan fingerprint density at radius 1 is 1.09 bits per heavy atom. The van der Waals surface area contributed by atoms with E-state index in [0.29, 0.717) is 37.8 Å². The summed E-state index contributed by atoms with van der Waals surface area (Å²) in [6, 6.07) is 15.1. The molecule has 1 heterocycles. The molecule has 1 fully saturated rings. The second kappa shape index (κ2) is 11.9. The van der Waals surface area contributed by atoms with Gasteiger partial charge in [-0.2, -0.15) is 0 Å². The quantitative estimate of drug-likeness (QED) is 0.575. The lowest BCUT2D eigenvalue weighted by atomic mass is 9.97. The molecule has 1 saturated heterocycles. The van der Waals surface area contributed by atoms with Crippen LogP contribution in [0.5, 0.6) is 11.5 Å². The van der Waals surface area contributed by atoms with Crippen LogP contribution in [0, 0.1) is 5.92 Å². The fourth-order valence-corrected chi connectivity index (χ4v) is 3.66.